The molecule has 0 saturated heterocycles. The van der Waals surface area contributed by atoms with E-state index < -0.39 is 11.9 Å². The number of carboxylic acid groups (broad SMARTS) is 1. The summed E-state index contributed by atoms with van der Waals surface area (Å²) in [6.45, 7) is 0. The zero-order valence-corrected chi connectivity index (χ0v) is 16.2. The van der Waals surface area contributed by atoms with E-state index >= 15 is 0 Å². The molecule has 0 aromatic heterocycles. The van der Waals surface area contributed by atoms with Gasteiger partial charge in [0, 0.05) is 12.3 Å². The molecule has 3 rings (SSSR count). The summed E-state index contributed by atoms with van der Waals surface area (Å²) in [5.41, 5.74) is 2.48. The molecule has 0 saturated carbocycles. The molecule has 3 aromatic rings. The first kappa shape index (κ1) is 20.5. The summed E-state index contributed by atoms with van der Waals surface area (Å²) in [6.07, 6.45) is 4.65. The summed E-state index contributed by atoms with van der Waals surface area (Å²) >= 11 is 0. The largest absolute Gasteiger partial charge is 0.497 e. The fourth-order valence-electron chi connectivity index (χ4n) is 2.52. The molecule has 0 aliphatic heterocycles. The molecule has 0 bridgehead atoms. The van der Waals surface area contributed by atoms with Gasteiger partial charge in [-0.25, -0.2) is 9.59 Å². The number of esters is 1. The molecule has 0 aliphatic carbocycles. The molecule has 0 radical (unpaired) electrons. The number of ether oxygens (including phenoxy) is 2. The lowest BCUT2D eigenvalue weighted by Gasteiger charge is -2.02. The first-order valence-electron chi connectivity index (χ1n) is 9.05. The molecule has 0 amide bonds. The van der Waals surface area contributed by atoms with E-state index in [2.05, 4.69) is 4.99 Å². The lowest BCUT2D eigenvalue weighted by atomic mass is 10.2. The van der Waals surface area contributed by atoms with Crippen LogP contribution in [0, 0.1) is 0 Å². The van der Waals surface area contributed by atoms with E-state index in [0.29, 0.717) is 17.2 Å². The van der Waals surface area contributed by atoms with Crippen LogP contribution in [0.25, 0.3) is 6.08 Å². The van der Waals surface area contributed by atoms with E-state index in [4.69, 9.17) is 14.6 Å². The monoisotopic (exact) mass is 401 g/mol. The number of aliphatic imine (C=N–C) groups is 1. The van der Waals surface area contributed by atoms with Gasteiger partial charge in [0.1, 0.15) is 11.5 Å². The second-order valence-electron chi connectivity index (χ2n) is 6.21. The van der Waals surface area contributed by atoms with Gasteiger partial charge in [0.05, 0.1) is 18.4 Å². The van der Waals surface area contributed by atoms with E-state index in [-0.39, 0.29) is 5.56 Å². The van der Waals surface area contributed by atoms with Crippen LogP contribution in [-0.4, -0.2) is 30.4 Å². The number of aromatic carboxylic acids is 1. The fraction of sp³-hybridized carbons (Fsp3) is 0.0417. The number of benzene rings is 3. The minimum atomic E-state index is -0.978. The molecule has 6 nitrogen and oxygen atoms in total. The Morgan fingerprint density at radius 2 is 1.63 bits per heavy atom. The van der Waals surface area contributed by atoms with E-state index in [1.54, 1.807) is 55.8 Å². The zero-order valence-electron chi connectivity index (χ0n) is 16.2. The molecular formula is C24H19NO5. The number of carboxylic acids is 1. The average molecular weight is 401 g/mol. The van der Waals surface area contributed by atoms with E-state index in [0.717, 1.165) is 11.1 Å². The molecule has 0 heterocycles. The first-order valence-corrected chi connectivity index (χ1v) is 9.05. The van der Waals surface area contributed by atoms with E-state index in [1.807, 2.05) is 24.3 Å². The highest BCUT2D eigenvalue weighted by atomic mass is 16.5. The summed E-state index contributed by atoms with van der Waals surface area (Å²) in [5.74, 6) is -0.342. The standard InChI is InChI=1S/C24H19NO5/c1-29-22-4-2-3-17(15-22)7-14-23(26)30-21-12-5-18(6-13-21)16-25-20-10-8-19(9-11-20)24(27)28/h2-16H,1H3,(H,27,28)/b14-7+,25-16+. The van der Waals surface area contributed by atoms with Crippen LogP contribution < -0.4 is 9.47 Å². The predicted molar refractivity (Wildman–Crippen MR) is 115 cm³/mol. The molecule has 0 spiro atoms. The first-order chi connectivity index (χ1) is 14.5. The van der Waals surface area contributed by atoms with Crippen molar-refractivity contribution in [3.63, 3.8) is 0 Å². The number of methoxy groups -OCH3 is 1. The molecule has 3 aromatic carbocycles. The lowest BCUT2D eigenvalue weighted by Crippen LogP contribution is -2.03. The Labute approximate surface area is 173 Å². The van der Waals surface area contributed by atoms with Gasteiger partial charge in [0.2, 0.25) is 0 Å². The van der Waals surface area contributed by atoms with Crippen LogP contribution in [0.15, 0.2) is 83.9 Å². The molecule has 0 aliphatic rings. The Kier molecular flexibility index (Phi) is 6.74. The van der Waals surface area contributed by atoms with Crippen molar-refractivity contribution >= 4 is 29.9 Å². The molecule has 1 N–H and O–H groups in total. The van der Waals surface area contributed by atoms with Crippen LogP contribution in [0.3, 0.4) is 0 Å². The Balaban J connectivity index is 1.57. The molecule has 0 fully saturated rings. The highest BCUT2D eigenvalue weighted by molar-refractivity contribution is 5.89. The second kappa shape index (κ2) is 9.84. The highest BCUT2D eigenvalue weighted by Crippen LogP contribution is 2.16. The van der Waals surface area contributed by atoms with Gasteiger partial charge in [-0.15, -0.1) is 0 Å². The van der Waals surface area contributed by atoms with Crippen molar-refractivity contribution in [1.82, 2.24) is 0 Å². The molecule has 150 valence electrons. The summed E-state index contributed by atoms with van der Waals surface area (Å²) in [6, 6.07) is 20.5. The second-order valence-corrected chi connectivity index (χ2v) is 6.21. The molecular weight excluding hydrogens is 382 g/mol. The van der Waals surface area contributed by atoms with Gasteiger partial charge in [0.25, 0.3) is 0 Å². The molecule has 6 heteroatoms. The van der Waals surface area contributed by atoms with Crippen LogP contribution in [0.4, 0.5) is 5.69 Å². The SMILES string of the molecule is COc1cccc(/C=C/C(=O)Oc2ccc(/C=N/c3ccc(C(=O)O)cc3)cc2)c1. The quantitative estimate of drug-likeness (QED) is 0.267. The van der Waals surface area contributed by atoms with Gasteiger partial charge in [-0.3, -0.25) is 4.99 Å². The Morgan fingerprint density at radius 3 is 2.30 bits per heavy atom. The van der Waals surface area contributed by atoms with Crippen LogP contribution in [0.5, 0.6) is 11.5 Å². The van der Waals surface area contributed by atoms with Crippen LogP contribution in [0.1, 0.15) is 21.5 Å². The average Bonchev–Trinajstić information content (AvgIpc) is 2.77. The van der Waals surface area contributed by atoms with Gasteiger partial charge >= 0.3 is 11.9 Å². The number of hydrogen-bond donors (Lipinski definition) is 1. The number of carbonyl (C=O) groups excluding carboxylic acids is 1. The third-order valence-corrected chi connectivity index (χ3v) is 4.08. The third kappa shape index (κ3) is 5.90. The number of carbonyl (C=O) groups is 2. The Hall–Kier alpha value is -4.19. The molecule has 0 unspecified atom stereocenters. The minimum Gasteiger partial charge on any atom is -0.497 e. The number of nitrogens with zero attached hydrogens (tertiary/aromatic N) is 1. The minimum absolute atomic E-state index is 0.209. The third-order valence-electron chi connectivity index (χ3n) is 4.08. The van der Waals surface area contributed by atoms with Crippen molar-refractivity contribution in [2.24, 2.45) is 4.99 Å². The van der Waals surface area contributed by atoms with Crippen molar-refractivity contribution in [1.29, 1.82) is 0 Å². The maximum absolute atomic E-state index is 12.0. The summed E-state index contributed by atoms with van der Waals surface area (Å²) in [5, 5.41) is 8.90. The predicted octanol–water partition coefficient (Wildman–Crippen LogP) is 4.76. The summed E-state index contributed by atoms with van der Waals surface area (Å²) < 4.78 is 10.4. The highest BCUT2D eigenvalue weighted by Gasteiger charge is 2.02. The van der Waals surface area contributed by atoms with Gasteiger partial charge in [-0.05, 0) is 77.9 Å². The number of hydrogen-bond acceptors (Lipinski definition) is 5. The van der Waals surface area contributed by atoms with Gasteiger partial charge in [0.15, 0.2) is 0 Å². The van der Waals surface area contributed by atoms with Crippen LogP contribution in [-0.2, 0) is 4.79 Å². The van der Waals surface area contributed by atoms with Gasteiger partial charge < -0.3 is 14.6 Å². The Bertz CT molecular complexity index is 1080. The fourth-order valence-corrected chi connectivity index (χ4v) is 2.52. The van der Waals surface area contributed by atoms with Crippen molar-refractivity contribution in [2.45, 2.75) is 0 Å². The van der Waals surface area contributed by atoms with Gasteiger partial charge in [-0.2, -0.15) is 0 Å². The van der Waals surface area contributed by atoms with Crippen molar-refractivity contribution in [3.8, 4) is 11.5 Å². The maximum Gasteiger partial charge on any atom is 0.336 e. The van der Waals surface area contributed by atoms with Crippen LogP contribution in [0.2, 0.25) is 0 Å². The maximum atomic E-state index is 12.0. The van der Waals surface area contributed by atoms with Gasteiger partial charge in [-0.1, -0.05) is 12.1 Å². The zero-order chi connectivity index (χ0) is 21.3. The van der Waals surface area contributed by atoms with E-state index in [9.17, 15) is 9.59 Å². The number of rotatable bonds is 7. The smallest absolute Gasteiger partial charge is 0.336 e. The Morgan fingerprint density at radius 1 is 0.900 bits per heavy atom. The molecule has 0 atom stereocenters. The topological polar surface area (TPSA) is 85.2 Å². The van der Waals surface area contributed by atoms with Crippen LogP contribution >= 0.6 is 0 Å². The van der Waals surface area contributed by atoms with Crippen molar-refractivity contribution in [3.05, 3.63) is 95.6 Å². The molecule has 30 heavy (non-hydrogen) atoms. The summed E-state index contributed by atoms with van der Waals surface area (Å²) in [4.78, 5) is 27.2. The summed E-state index contributed by atoms with van der Waals surface area (Å²) in [7, 11) is 1.58. The van der Waals surface area contributed by atoms with Crippen molar-refractivity contribution in [2.75, 3.05) is 7.11 Å². The van der Waals surface area contributed by atoms with E-state index in [1.165, 1.54) is 18.2 Å². The normalized spacial score (nSPS) is 11.0. The van der Waals surface area contributed by atoms with Crippen molar-refractivity contribution < 1.29 is 24.2 Å². The lowest BCUT2D eigenvalue weighted by molar-refractivity contribution is -0.128.